The monoisotopic (exact) mass is 254 g/mol. The minimum Gasteiger partial charge on any atom is -0.508 e. The predicted molar refractivity (Wildman–Crippen MR) is 67.2 cm³/mol. The summed E-state index contributed by atoms with van der Waals surface area (Å²) in [5.41, 5.74) is 4.87. The maximum Gasteiger partial charge on any atom is 0.254 e. The van der Waals surface area contributed by atoms with E-state index in [4.69, 9.17) is 5.73 Å². The van der Waals surface area contributed by atoms with Crippen LogP contribution in [-0.2, 0) is 0 Å². The summed E-state index contributed by atoms with van der Waals surface area (Å²) in [4.78, 5) is 12.0. The van der Waals surface area contributed by atoms with Gasteiger partial charge in [-0.1, -0.05) is 6.92 Å². The molecule has 0 atom stereocenters. The van der Waals surface area contributed by atoms with Crippen molar-refractivity contribution in [1.29, 1.82) is 0 Å². The number of phenols is 1. The largest absolute Gasteiger partial charge is 0.508 e. The van der Waals surface area contributed by atoms with Crippen molar-refractivity contribution in [1.82, 2.24) is 5.32 Å². The predicted octanol–water partition coefficient (Wildman–Crippen LogP) is -0.162. The molecule has 0 spiro atoms. The Morgan fingerprint density at radius 2 is 2.00 bits per heavy atom. The molecule has 0 saturated carbocycles. The molecule has 6 nitrogen and oxygen atoms in total. The van der Waals surface area contributed by atoms with Crippen LogP contribution in [0.3, 0.4) is 0 Å². The maximum atomic E-state index is 12.0. The van der Waals surface area contributed by atoms with Crippen LogP contribution in [0.4, 0.5) is 5.69 Å². The lowest BCUT2D eigenvalue weighted by molar-refractivity contribution is 0.0653. The highest BCUT2D eigenvalue weighted by atomic mass is 16.3. The van der Waals surface area contributed by atoms with E-state index in [2.05, 4.69) is 5.32 Å². The highest BCUT2D eigenvalue weighted by Gasteiger charge is 2.29. The number of aromatic hydroxyl groups is 1. The molecule has 1 aromatic rings. The quantitative estimate of drug-likeness (QED) is 0.370. The number of hydrogen-bond acceptors (Lipinski definition) is 5. The second-order valence-electron chi connectivity index (χ2n) is 4.18. The van der Waals surface area contributed by atoms with Crippen LogP contribution in [0.25, 0.3) is 0 Å². The molecule has 0 heterocycles. The second kappa shape index (κ2) is 5.70. The number of rotatable bonds is 5. The molecule has 0 fully saturated rings. The highest BCUT2D eigenvalue weighted by Crippen LogP contribution is 2.19. The van der Waals surface area contributed by atoms with Crippen molar-refractivity contribution in [3.8, 4) is 5.75 Å². The minimum absolute atomic E-state index is 0.0792. The van der Waals surface area contributed by atoms with Gasteiger partial charge in [-0.25, -0.2) is 0 Å². The first kappa shape index (κ1) is 14.3. The Balaban J connectivity index is 2.97. The lowest BCUT2D eigenvalue weighted by Gasteiger charge is -2.29. The molecule has 6 N–H and O–H groups in total. The number of nitrogens with one attached hydrogen (secondary N) is 1. The summed E-state index contributed by atoms with van der Waals surface area (Å²) in [5.74, 6) is -0.627. The average molecular weight is 254 g/mol. The SMILES string of the molecule is CCC(CO)(CO)NC(=O)c1cc(O)ccc1N. The van der Waals surface area contributed by atoms with E-state index in [0.717, 1.165) is 0 Å². The molecule has 0 unspecified atom stereocenters. The number of hydrogen-bond donors (Lipinski definition) is 5. The molecule has 0 radical (unpaired) electrons. The third-order valence-electron chi connectivity index (χ3n) is 2.94. The number of nitrogens with two attached hydrogens (primary N) is 1. The van der Waals surface area contributed by atoms with Gasteiger partial charge in [0, 0.05) is 5.69 Å². The number of anilines is 1. The molecule has 1 amide bonds. The Morgan fingerprint density at radius 3 is 2.50 bits per heavy atom. The Bertz CT molecular complexity index is 422. The molecule has 1 rings (SSSR count). The molecule has 100 valence electrons. The summed E-state index contributed by atoms with van der Waals surface area (Å²) in [7, 11) is 0. The van der Waals surface area contributed by atoms with Gasteiger partial charge >= 0.3 is 0 Å². The molecular weight excluding hydrogens is 236 g/mol. The average Bonchev–Trinajstić information content (AvgIpc) is 2.38. The first-order chi connectivity index (χ1) is 8.48. The van der Waals surface area contributed by atoms with E-state index in [-0.39, 0.29) is 30.2 Å². The number of amides is 1. The number of nitrogen functional groups attached to an aromatic ring is 1. The zero-order valence-electron chi connectivity index (χ0n) is 10.2. The summed E-state index contributed by atoms with van der Waals surface area (Å²) in [6.07, 6.45) is 0.366. The van der Waals surface area contributed by atoms with Crippen LogP contribution in [0, 0.1) is 0 Å². The van der Waals surface area contributed by atoms with E-state index in [1.54, 1.807) is 6.92 Å². The number of benzene rings is 1. The normalized spacial score (nSPS) is 11.3. The third kappa shape index (κ3) is 2.91. The van der Waals surface area contributed by atoms with E-state index in [1.807, 2.05) is 0 Å². The summed E-state index contributed by atoms with van der Waals surface area (Å²) >= 11 is 0. The van der Waals surface area contributed by atoms with Crippen molar-refractivity contribution in [2.45, 2.75) is 18.9 Å². The number of aliphatic hydroxyl groups is 2. The van der Waals surface area contributed by atoms with Gasteiger partial charge in [-0.3, -0.25) is 4.79 Å². The lowest BCUT2D eigenvalue weighted by Crippen LogP contribution is -2.53. The second-order valence-corrected chi connectivity index (χ2v) is 4.18. The zero-order valence-corrected chi connectivity index (χ0v) is 10.2. The van der Waals surface area contributed by atoms with Crippen LogP contribution < -0.4 is 11.1 Å². The van der Waals surface area contributed by atoms with Gasteiger partial charge in [-0.15, -0.1) is 0 Å². The molecule has 0 aromatic heterocycles. The van der Waals surface area contributed by atoms with Gasteiger partial charge in [0.2, 0.25) is 0 Å². The molecule has 6 heteroatoms. The Kier molecular flexibility index (Phi) is 4.52. The van der Waals surface area contributed by atoms with Gasteiger partial charge in [-0.2, -0.15) is 0 Å². The van der Waals surface area contributed by atoms with E-state index >= 15 is 0 Å². The van der Waals surface area contributed by atoms with Crippen molar-refractivity contribution < 1.29 is 20.1 Å². The molecule has 0 bridgehead atoms. The Hall–Kier alpha value is -1.79. The van der Waals surface area contributed by atoms with Crippen LogP contribution >= 0.6 is 0 Å². The van der Waals surface area contributed by atoms with E-state index in [0.29, 0.717) is 6.42 Å². The van der Waals surface area contributed by atoms with Crippen molar-refractivity contribution >= 4 is 11.6 Å². The highest BCUT2D eigenvalue weighted by molar-refractivity contribution is 6.00. The first-order valence-electron chi connectivity index (χ1n) is 5.60. The summed E-state index contributed by atoms with van der Waals surface area (Å²) < 4.78 is 0. The number of phenolic OH excluding ortho intramolecular Hbond substituents is 1. The van der Waals surface area contributed by atoms with Gasteiger partial charge < -0.3 is 26.4 Å². The standard InChI is InChI=1S/C12H18N2O4/c1-2-12(6-15,7-16)14-11(18)9-5-8(17)3-4-10(9)13/h3-5,15-17H,2,6-7,13H2,1H3,(H,14,18). The third-order valence-corrected chi connectivity index (χ3v) is 2.94. The van der Waals surface area contributed by atoms with Crippen LogP contribution in [0.2, 0.25) is 0 Å². The Labute approximate surface area is 105 Å². The molecule has 18 heavy (non-hydrogen) atoms. The van der Waals surface area contributed by atoms with Crippen LogP contribution in [0.15, 0.2) is 18.2 Å². The molecule has 0 aliphatic heterocycles. The zero-order chi connectivity index (χ0) is 13.8. The molecule has 0 aliphatic carbocycles. The minimum atomic E-state index is -1.09. The number of aliphatic hydroxyl groups excluding tert-OH is 2. The van der Waals surface area contributed by atoms with Gasteiger partial charge in [0.05, 0.1) is 24.3 Å². The lowest BCUT2D eigenvalue weighted by atomic mass is 9.97. The van der Waals surface area contributed by atoms with Gasteiger partial charge in [0.25, 0.3) is 5.91 Å². The van der Waals surface area contributed by atoms with E-state index in [1.165, 1.54) is 18.2 Å². The van der Waals surface area contributed by atoms with Crippen molar-refractivity contribution in [2.75, 3.05) is 18.9 Å². The fraction of sp³-hybridized carbons (Fsp3) is 0.417. The molecule has 0 aliphatic rings. The summed E-state index contributed by atoms with van der Waals surface area (Å²) in [5, 5.41) is 30.3. The van der Waals surface area contributed by atoms with Crippen molar-refractivity contribution in [3.63, 3.8) is 0 Å². The number of carbonyl (C=O) groups is 1. The van der Waals surface area contributed by atoms with E-state index < -0.39 is 11.4 Å². The molecule has 1 aromatic carbocycles. The first-order valence-corrected chi connectivity index (χ1v) is 5.60. The van der Waals surface area contributed by atoms with Gasteiger partial charge in [0.15, 0.2) is 0 Å². The van der Waals surface area contributed by atoms with Crippen molar-refractivity contribution in [2.24, 2.45) is 0 Å². The number of carbonyl (C=O) groups excluding carboxylic acids is 1. The molecule has 0 saturated heterocycles. The fourth-order valence-electron chi connectivity index (χ4n) is 1.49. The fourth-order valence-corrected chi connectivity index (χ4v) is 1.49. The smallest absolute Gasteiger partial charge is 0.254 e. The van der Waals surface area contributed by atoms with Crippen LogP contribution in [0.1, 0.15) is 23.7 Å². The maximum absolute atomic E-state index is 12.0. The van der Waals surface area contributed by atoms with Crippen molar-refractivity contribution in [3.05, 3.63) is 23.8 Å². The van der Waals surface area contributed by atoms with E-state index in [9.17, 15) is 20.1 Å². The Morgan fingerprint density at radius 1 is 1.39 bits per heavy atom. The molecular formula is C12H18N2O4. The van der Waals surface area contributed by atoms with Crippen LogP contribution in [-0.4, -0.2) is 40.0 Å². The summed E-state index contributed by atoms with van der Waals surface area (Å²) in [6, 6.07) is 4.02. The van der Waals surface area contributed by atoms with Gasteiger partial charge in [0.1, 0.15) is 5.75 Å². The van der Waals surface area contributed by atoms with Gasteiger partial charge in [-0.05, 0) is 24.6 Å². The van der Waals surface area contributed by atoms with Crippen LogP contribution in [0.5, 0.6) is 5.75 Å². The topological polar surface area (TPSA) is 116 Å². The summed E-state index contributed by atoms with van der Waals surface area (Å²) in [6.45, 7) is 0.966.